The third-order valence-corrected chi connectivity index (χ3v) is 5.52. The number of amides is 1. The summed E-state index contributed by atoms with van der Waals surface area (Å²) < 4.78 is 1.81. The Morgan fingerprint density at radius 1 is 1.48 bits per heavy atom. The SMILES string of the molecule is CC1CSCCN1C(=O)[C@H]1CNC[C@@H]1c1cnn(C)c1.Cl. The average molecular weight is 331 g/mol. The first-order valence-electron chi connectivity index (χ1n) is 7.24. The maximum absolute atomic E-state index is 12.9. The molecule has 1 unspecified atom stereocenters. The van der Waals surface area contributed by atoms with Gasteiger partial charge in [0.25, 0.3) is 0 Å². The van der Waals surface area contributed by atoms with Crippen molar-refractivity contribution >= 4 is 30.1 Å². The minimum atomic E-state index is 0. The molecule has 0 bridgehead atoms. The van der Waals surface area contributed by atoms with Crippen molar-refractivity contribution in [3.05, 3.63) is 18.0 Å². The number of aromatic nitrogens is 2. The smallest absolute Gasteiger partial charge is 0.227 e. The van der Waals surface area contributed by atoms with Gasteiger partial charge in [0.05, 0.1) is 12.1 Å². The summed E-state index contributed by atoms with van der Waals surface area (Å²) in [5.74, 6) is 2.76. The van der Waals surface area contributed by atoms with Gasteiger partial charge in [-0.2, -0.15) is 16.9 Å². The van der Waals surface area contributed by atoms with Crippen LogP contribution in [0.25, 0.3) is 0 Å². The highest BCUT2D eigenvalue weighted by Crippen LogP contribution is 2.30. The van der Waals surface area contributed by atoms with Crippen molar-refractivity contribution in [2.24, 2.45) is 13.0 Å². The second-order valence-corrected chi connectivity index (χ2v) is 6.92. The average Bonchev–Trinajstić information content (AvgIpc) is 3.06. The molecule has 3 atom stereocenters. The van der Waals surface area contributed by atoms with Crippen molar-refractivity contribution in [2.75, 3.05) is 31.1 Å². The molecule has 0 aromatic carbocycles. The summed E-state index contributed by atoms with van der Waals surface area (Å²) >= 11 is 1.94. The van der Waals surface area contributed by atoms with E-state index in [0.717, 1.165) is 31.1 Å². The number of nitrogens with zero attached hydrogens (tertiary/aromatic N) is 3. The van der Waals surface area contributed by atoms with E-state index in [4.69, 9.17) is 0 Å². The molecule has 1 aromatic heterocycles. The van der Waals surface area contributed by atoms with Crippen LogP contribution in [-0.2, 0) is 11.8 Å². The van der Waals surface area contributed by atoms with Crippen LogP contribution in [0.4, 0.5) is 0 Å². The molecule has 0 radical (unpaired) electrons. The molecule has 3 heterocycles. The molecule has 118 valence electrons. The molecular formula is C14H23ClN4OS. The van der Waals surface area contributed by atoms with Crippen LogP contribution >= 0.6 is 24.2 Å². The van der Waals surface area contributed by atoms with E-state index in [1.165, 1.54) is 5.56 Å². The number of nitrogens with one attached hydrogen (secondary N) is 1. The van der Waals surface area contributed by atoms with Gasteiger partial charge in [-0.05, 0) is 12.5 Å². The van der Waals surface area contributed by atoms with Gasteiger partial charge < -0.3 is 10.2 Å². The number of hydrogen-bond acceptors (Lipinski definition) is 4. The Morgan fingerprint density at radius 2 is 2.29 bits per heavy atom. The Balaban J connectivity index is 0.00000161. The van der Waals surface area contributed by atoms with Crippen LogP contribution in [-0.4, -0.2) is 57.8 Å². The molecule has 2 aliphatic rings. The number of halogens is 1. The number of thioether (sulfide) groups is 1. The Labute approximate surface area is 136 Å². The fourth-order valence-electron chi connectivity index (χ4n) is 3.19. The van der Waals surface area contributed by atoms with Crippen molar-refractivity contribution in [1.82, 2.24) is 20.0 Å². The van der Waals surface area contributed by atoms with Crippen LogP contribution in [0.15, 0.2) is 12.4 Å². The number of carbonyl (C=O) groups excluding carboxylic acids is 1. The van der Waals surface area contributed by atoms with E-state index in [9.17, 15) is 4.79 Å². The Bertz CT molecular complexity index is 495. The van der Waals surface area contributed by atoms with Gasteiger partial charge in [-0.25, -0.2) is 0 Å². The number of rotatable bonds is 2. The number of carbonyl (C=O) groups is 1. The van der Waals surface area contributed by atoms with E-state index in [1.54, 1.807) is 0 Å². The van der Waals surface area contributed by atoms with Gasteiger partial charge in [0.2, 0.25) is 5.91 Å². The standard InChI is InChI=1S/C14H22N4OS.ClH/c1-10-9-20-4-3-18(10)14(19)13-7-15-6-12(13)11-5-16-17(2)8-11;/h5,8,10,12-13,15H,3-4,6-7,9H2,1-2H3;1H/t10?,12-,13+;/m1./s1. The molecule has 2 fully saturated rings. The van der Waals surface area contributed by atoms with Crippen molar-refractivity contribution in [2.45, 2.75) is 18.9 Å². The molecule has 0 saturated carbocycles. The van der Waals surface area contributed by atoms with Gasteiger partial charge in [-0.15, -0.1) is 12.4 Å². The fourth-order valence-corrected chi connectivity index (χ4v) is 4.20. The zero-order valence-electron chi connectivity index (χ0n) is 12.5. The molecule has 7 heteroatoms. The van der Waals surface area contributed by atoms with E-state index >= 15 is 0 Å². The number of aryl methyl sites for hydroxylation is 1. The normalized spacial score (nSPS) is 29.2. The van der Waals surface area contributed by atoms with Crippen molar-refractivity contribution < 1.29 is 4.79 Å². The van der Waals surface area contributed by atoms with E-state index in [0.29, 0.717) is 11.9 Å². The van der Waals surface area contributed by atoms with Gasteiger partial charge in [0, 0.05) is 56.3 Å². The Hall–Kier alpha value is -0.720. The highest BCUT2D eigenvalue weighted by Gasteiger charge is 2.38. The van der Waals surface area contributed by atoms with E-state index < -0.39 is 0 Å². The molecule has 3 rings (SSSR count). The molecule has 1 amide bonds. The molecule has 1 aromatic rings. The zero-order chi connectivity index (χ0) is 14.1. The van der Waals surface area contributed by atoms with Crippen molar-refractivity contribution in [1.29, 1.82) is 0 Å². The lowest BCUT2D eigenvalue weighted by atomic mass is 9.89. The lowest BCUT2D eigenvalue weighted by Gasteiger charge is -2.35. The topological polar surface area (TPSA) is 50.2 Å². The highest BCUT2D eigenvalue weighted by molar-refractivity contribution is 7.99. The summed E-state index contributed by atoms with van der Waals surface area (Å²) in [6.45, 7) is 4.71. The summed E-state index contributed by atoms with van der Waals surface area (Å²) in [7, 11) is 1.92. The van der Waals surface area contributed by atoms with E-state index in [1.807, 2.05) is 35.9 Å². The quantitative estimate of drug-likeness (QED) is 0.882. The first kappa shape index (κ1) is 16.6. The molecular weight excluding hydrogens is 308 g/mol. The summed E-state index contributed by atoms with van der Waals surface area (Å²) in [4.78, 5) is 14.9. The van der Waals surface area contributed by atoms with Crippen LogP contribution in [0.2, 0.25) is 0 Å². The summed E-state index contributed by atoms with van der Waals surface area (Å²) in [6.07, 6.45) is 3.93. The molecule has 2 saturated heterocycles. The molecule has 5 nitrogen and oxygen atoms in total. The first-order chi connectivity index (χ1) is 9.66. The van der Waals surface area contributed by atoms with E-state index in [2.05, 4.69) is 22.2 Å². The first-order valence-corrected chi connectivity index (χ1v) is 8.40. The van der Waals surface area contributed by atoms with Gasteiger partial charge in [0.15, 0.2) is 0 Å². The Morgan fingerprint density at radius 3 is 2.95 bits per heavy atom. The largest absolute Gasteiger partial charge is 0.338 e. The third-order valence-electron chi connectivity index (χ3n) is 4.34. The van der Waals surface area contributed by atoms with E-state index in [-0.39, 0.29) is 24.2 Å². The maximum atomic E-state index is 12.9. The van der Waals surface area contributed by atoms with Gasteiger partial charge in [-0.1, -0.05) is 0 Å². The van der Waals surface area contributed by atoms with Crippen LogP contribution in [0.5, 0.6) is 0 Å². The predicted molar refractivity (Wildman–Crippen MR) is 88.1 cm³/mol. The summed E-state index contributed by atoms with van der Waals surface area (Å²) in [5, 5.41) is 7.62. The van der Waals surface area contributed by atoms with Crippen molar-refractivity contribution in [3.8, 4) is 0 Å². The third kappa shape index (κ3) is 3.38. The van der Waals surface area contributed by atoms with Crippen molar-refractivity contribution in [3.63, 3.8) is 0 Å². The minimum Gasteiger partial charge on any atom is -0.338 e. The van der Waals surface area contributed by atoms with Crippen LogP contribution in [0, 0.1) is 5.92 Å². The predicted octanol–water partition coefficient (Wildman–Crippen LogP) is 1.11. The van der Waals surface area contributed by atoms with Gasteiger partial charge >= 0.3 is 0 Å². The molecule has 0 aliphatic carbocycles. The lowest BCUT2D eigenvalue weighted by Crippen LogP contribution is -2.48. The monoisotopic (exact) mass is 330 g/mol. The lowest BCUT2D eigenvalue weighted by molar-refractivity contribution is -0.136. The summed E-state index contributed by atoms with van der Waals surface area (Å²) in [6, 6.07) is 0.358. The highest BCUT2D eigenvalue weighted by atomic mass is 35.5. The maximum Gasteiger partial charge on any atom is 0.227 e. The second-order valence-electron chi connectivity index (χ2n) is 5.77. The zero-order valence-corrected chi connectivity index (χ0v) is 14.1. The second kappa shape index (κ2) is 7.03. The molecule has 1 N–H and O–H groups in total. The van der Waals surface area contributed by atoms with Crippen LogP contribution in [0.3, 0.4) is 0 Å². The van der Waals surface area contributed by atoms with Gasteiger partial charge in [-0.3, -0.25) is 9.48 Å². The number of hydrogen-bond donors (Lipinski definition) is 1. The molecule has 0 spiro atoms. The Kier molecular flexibility index (Phi) is 5.57. The summed E-state index contributed by atoms with van der Waals surface area (Å²) in [5.41, 5.74) is 1.18. The van der Waals surface area contributed by atoms with Crippen LogP contribution < -0.4 is 5.32 Å². The molecule has 21 heavy (non-hydrogen) atoms. The minimum absolute atomic E-state index is 0. The van der Waals surface area contributed by atoms with Crippen LogP contribution in [0.1, 0.15) is 18.4 Å². The molecule has 2 aliphatic heterocycles. The fraction of sp³-hybridized carbons (Fsp3) is 0.714. The van der Waals surface area contributed by atoms with Gasteiger partial charge in [0.1, 0.15) is 0 Å².